The van der Waals surface area contributed by atoms with Crippen LogP contribution in [0.5, 0.6) is 0 Å². The predicted octanol–water partition coefficient (Wildman–Crippen LogP) is 6.75. The quantitative estimate of drug-likeness (QED) is 0.287. The van der Waals surface area contributed by atoms with Gasteiger partial charge in [-0.1, -0.05) is 79.9 Å². The second-order valence-corrected chi connectivity index (χ2v) is 6.81. The largest absolute Gasteiger partial charge is 0.306 e. The second kappa shape index (κ2) is 9.84. The van der Waals surface area contributed by atoms with Crippen molar-refractivity contribution in [1.82, 2.24) is 0 Å². The number of benzene rings is 3. The fraction of sp³-hybridized carbons (Fsp3) is 0.0714. The van der Waals surface area contributed by atoms with Gasteiger partial charge in [0.15, 0.2) is 0 Å². The third-order valence-electron chi connectivity index (χ3n) is 4.92. The maximum Gasteiger partial charge on any atom is 0.118 e. The lowest BCUT2D eigenvalue weighted by atomic mass is 9.95. The van der Waals surface area contributed by atoms with Gasteiger partial charge in [-0.25, -0.2) is 0 Å². The molecular formula is C28H30N2. The number of hydrogen-bond acceptors (Lipinski definition) is 2. The Bertz CT molecular complexity index is 1160. The molecule has 0 saturated carbocycles. The molecule has 0 atom stereocenters. The molecule has 0 saturated heterocycles. The first kappa shape index (κ1) is 22.8. The molecule has 0 spiro atoms. The van der Waals surface area contributed by atoms with E-state index in [4.69, 9.17) is 11.5 Å². The first-order valence-corrected chi connectivity index (χ1v) is 9.77. The van der Waals surface area contributed by atoms with Crippen molar-refractivity contribution in [3.63, 3.8) is 0 Å². The number of hydrogen-bond donors (Lipinski definition) is 2. The first-order valence-electron chi connectivity index (χ1n) is 9.77. The van der Waals surface area contributed by atoms with Crippen molar-refractivity contribution in [2.45, 2.75) is 12.6 Å². The number of allylic oxidation sites excluding steroid dienone is 5. The highest BCUT2D eigenvalue weighted by atomic mass is 15.0. The highest BCUT2D eigenvalue weighted by Crippen LogP contribution is 2.46. The third kappa shape index (κ3) is 3.97. The molecule has 0 radical (unpaired) electrons. The first-order chi connectivity index (χ1) is 14.5. The molecule has 0 aromatic heterocycles. The molecule has 4 N–H and O–H groups in total. The molecule has 4 rings (SSSR count). The molecule has 0 amide bonds. The Hall–Kier alpha value is -3.46. The summed E-state index contributed by atoms with van der Waals surface area (Å²) in [6.07, 6.45) is 9.09. The summed E-state index contributed by atoms with van der Waals surface area (Å²) >= 11 is 0. The summed E-state index contributed by atoms with van der Waals surface area (Å²) in [4.78, 5) is 0. The van der Waals surface area contributed by atoms with Gasteiger partial charge in [-0.05, 0) is 62.9 Å². The molecule has 0 unspecified atom stereocenters. The summed E-state index contributed by atoms with van der Waals surface area (Å²) in [6, 6.07) is 17.0. The fourth-order valence-electron chi connectivity index (χ4n) is 3.78. The van der Waals surface area contributed by atoms with E-state index in [1.165, 1.54) is 16.2 Å². The molecule has 3 aromatic rings. The van der Waals surface area contributed by atoms with Crippen LogP contribution in [-0.2, 0) is 5.66 Å². The Morgan fingerprint density at radius 3 is 2.03 bits per heavy atom. The van der Waals surface area contributed by atoms with Crippen molar-refractivity contribution in [3.05, 3.63) is 129 Å². The lowest BCUT2D eigenvalue weighted by Crippen LogP contribution is -2.45. The van der Waals surface area contributed by atoms with E-state index in [2.05, 4.69) is 81.4 Å². The van der Waals surface area contributed by atoms with Crippen molar-refractivity contribution in [3.8, 4) is 0 Å². The fourth-order valence-corrected chi connectivity index (χ4v) is 3.78. The second-order valence-electron chi connectivity index (χ2n) is 6.81. The lowest BCUT2D eigenvalue weighted by Gasteiger charge is -2.22. The molecular weight excluding hydrogens is 364 g/mol. The maximum absolute atomic E-state index is 6.53. The van der Waals surface area contributed by atoms with E-state index in [1.54, 1.807) is 18.2 Å². The zero-order chi connectivity index (χ0) is 22.3. The van der Waals surface area contributed by atoms with E-state index in [-0.39, 0.29) is 0 Å². The Labute approximate surface area is 179 Å². The van der Waals surface area contributed by atoms with E-state index >= 15 is 0 Å². The molecule has 3 aromatic carbocycles. The van der Waals surface area contributed by atoms with Gasteiger partial charge in [0.2, 0.25) is 0 Å². The molecule has 2 nitrogen and oxygen atoms in total. The highest BCUT2D eigenvalue weighted by Gasteiger charge is 2.39. The van der Waals surface area contributed by atoms with Gasteiger partial charge in [0.05, 0.1) is 0 Å². The van der Waals surface area contributed by atoms with Gasteiger partial charge < -0.3 is 11.5 Å². The van der Waals surface area contributed by atoms with Crippen LogP contribution in [0.3, 0.4) is 0 Å². The lowest BCUT2D eigenvalue weighted by molar-refractivity contribution is 0.585. The summed E-state index contributed by atoms with van der Waals surface area (Å²) in [5.41, 5.74) is 15.9. The predicted molar refractivity (Wildman–Crippen MR) is 135 cm³/mol. The van der Waals surface area contributed by atoms with Gasteiger partial charge in [0.25, 0.3) is 0 Å². The normalized spacial score (nSPS) is 16.2. The van der Waals surface area contributed by atoms with Crippen LogP contribution in [0, 0.1) is 0 Å². The molecule has 2 heteroatoms. The molecule has 30 heavy (non-hydrogen) atoms. The average molecular weight is 395 g/mol. The van der Waals surface area contributed by atoms with Crippen LogP contribution in [0.25, 0.3) is 27.1 Å². The number of nitrogens with two attached hydrogens (primary N) is 2. The van der Waals surface area contributed by atoms with Crippen LogP contribution in [0.15, 0.2) is 117 Å². The topological polar surface area (TPSA) is 52.0 Å². The Morgan fingerprint density at radius 2 is 1.40 bits per heavy atom. The van der Waals surface area contributed by atoms with Crippen LogP contribution in [-0.4, -0.2) is 0 Å². The summed E-state index contributed by atoms with van der Waals surface area (Å²) in [5, 5.41) is 4.77. The molecule has 0 fully saturated rings. The van der Waals surface area contributed by atoms with Crippen molar-refractivity contribution in [1.29, 1.82) is 0 Å². The highest BCUT2D eigenvalue weighted by molar-refractivity contribution is 6.10. The molecule has 0 bridgehead atoms. The van der Waals surface area contributed by atoms with E-state index in [0.717, 1.165) is 27.7 Å². The molecule has 1 aliphatic rings. The Morgan fingerprint density at radius 1 is 0.800 bits per heavy atom. The smallest absolute Gasteiger partial charge is 0.118 e. The average Bonchev–Trinajstić information content (AvgIpc) is 2.96. The maximum atomic E-state index is 6.53. The summed E-state index contributed by atoms with van der Waals surface area (Å²) in [5.74, 6) is 0. The van der Waals surface area contributed by atoms with E-state index in [9.17, 15) is 0 Å². The van der Waals surface area contributed by atoms with E-state index < -0.39 is 5.66 Å². The Balaban J connectivity index is 0.000000590. The summed E-state index contributed by atoms with van der Waals surface area (Å²) in [6.45, 7) is 18.9. The molecule has 1 aliphatic carbocycles. The monoisotopic (exact) mass is 394 g/mol. The van der Waals surface area contributed by atoms with Crippen LogP contribution in [0.4, 0.5) is 0 Å². The van der Waals surface area contributed by atoms with E-state index in [0.29, 0.717) is 0 Å². The van der Waals surface area contributed by atoms with Gasteiger partial charge in [0.1, 0.15) is 5.66 Å². The van der Waals surface area contributed by atoms with Crippen molar-refractivity contribution < 1.29 is 0 Å². The minimum atomic E-state index is -1.04. The van der Waals surface area contributed by atoms with Crippen LogP contribution >= 0.6 is 0 Å². The van der Waals surface area contributed by atoms with Crippen LogP contribution in [0.2, 0.25) is 0 Å². The van der Waals surface area contributed by atoms with Gasteiger partial charge in [-0.3, -0.25) is 0 Å². The third-order valence-corrected chi connectivity index (χ3v) is 4.92. The minimum absolute atomic E-state index is 0.858. The summed E-state index contributed by atoms with van der Waals surface area (Å²) in [7, 11) is 0. The SMILES string of the molecule is C=C.C=C/C=C1\C(=C\C=C)C(N)(N)c2cc3ccc4ccccc4c3cc21.C=CC. The number of fused-ring (bicyclic) bond motifs is 4. The van der Waals surface area contributed by atoms with Crippen molar-refractivity contribution >= 4 is 27.1 Å². The van der Waals surface area contributed by atoms with Crippen LogP contribution < -0.4 is 11.5 Å². The van der Waals surface area contributed by atoms with E-state index in [1.807, 2.05) is 19.1 Å². The van der Waals surface area contributed by atoms with Gasteiger partial charge >= 0.3 is 0 Å². The zero-order valence-corrected chi connectivity index (χ0v) is 17.7. The zero-order valence-electron chi connectivity index (χ0n) is 17.7. The van der Waals surface area contributed by atoms with Gasteiger partial charge in [-0.2, -0.15) is 0 Å². The number of rotatable bonds is 2. The van der Waals surface area contributed by atoms with Gasteiger partial charge in [-0.15, -0.1) is 19.7 Å². The van der Waals surface area contributed by atoms with Crippen molar-refractivity contribution in [2.24, 2.45) is 11.5 Å². The summed E-state index contributed by atoms with van der Waals surface area (Å²) < 4.78 is 0. The molecule has 152 valence electrons. The van der Waals surface area contributed by atoms with Crippen LogP contribution in [0.1, 0.15) is 18.1 Å². The Kier molecular flexibility index (Phi) is 7.48. The molecule has 0 heterocycles. The van der Waals surface area contributed by atoms with Crippen molar-refractivity contribution in [2.75, 3.05) is 0 Å². The molecule has 0 aliphatic heterocycles. The standard InChI is InChI=1S/C23H20N2.C3H6.C2H4/c1-3-7-18-20-14-19-16(12-11-15-9-5-6-10-17(15)19)13-22(20)23(24,25)21(18)8-4-2;1-3-2;1-2/h3-14H,1-2,24-25H2;3H,1H2,2H3;1-2H2/b18-7-,21-8-;;. The minimum Gasteiger partial charge on any atom is -0.306 e. The van der Waals surface area contributed by atoms with Gasteiger partial charge in [0, 0.05) is 0 Å².